The van der Waals surface area contributed by atoms with Crippen LogP contribution in [0.5, 0.6) is 5.75 Å². The first kappa shape index (κ1) is 17.2. The van der Waals surface area contributed by atoms with Gasteiger partial charge < -0.3 is 14.4 Å². The Morgan fingerprint density at radius 1 is 1.40 bits per heavy atom. The molecule has 0 bridgehead atoms. The van der Waals surface area contributed by atoms with Crippen LogP contribution >= 0.6 is 0 Å². The minimum atomic E-state index is -0.988. The van der Waals surface area contributed by atoms with Crippen LogP contribution in [0.2, 0.25) is 0 Å². The van der Waals surface area contributed by atoms with Gasteiger partial charge in [-0.1, -0.05) is 0 Å². The number of likely N-dealkylation sites (tertiary alicyclic amines) is 1. The molecule has 3 heterocycles. The molecule has 0 saturated carbocycles. The lowest BCUT2D eigenvalue weighted by molar-refractivity contribution is 0.0647. The van der Waals surface area contributed by atoms with Crippen molar-refractivity contribution in [2.75, 3.05) is 20.3 Å². The third kappa shape index (κ3) is 3.90. The first-order valence-corrected chi connectivity index (χ1v) is 7.76. The summed E-state index contributed by atoms with van der Waals surface area (Å²) in [4.78, 5) is 21.6. The van der Waals surface area contributed by atoms with Crippen molar-refractivity contribution >= 4 is 5.91 Å². The molecular weight excluding hydrogens is 332 g/mol. The number of amides is 1. The van der Waals surface area contributed by atoms with E-state index in [1.807, 2.05) is 0 Å². The molecule has 2 atom stereocenters. The van der Waals surface area contributed by atoms with E-state index in [9.17, 15) is 13.6 Å². The first-order valence-electron chi connectivity index (χ1n) is 7.76. The van der Waals surface area contributed by atoms with Gasteiger partial charge in [0.1, 0.15) is 18.2 Å². The van der Waals surface area contributed by atoms with Gasteiger partial charge in [-0.25, -0.2) is 13.8 Å². The van der Waals surface area contributed by atoms with E-state index in [4.69, 9.17) is 9.47 Å². The maximum absolute atomic E-state index is 13.9. The van der Waals surface area contributed by atoms with Crippen molar-refractivity contribution in [3.05, 3.63) is 54.1 Å². The number of carbonyl (C=O) groups is 1. The van der Waals surface area contributed by atoms with Gasteiger partial charge in [0.2, 0.25) is 0 Å². The number of pyridine rings is 2. The smallest absolute Gasteiger partial charge is 0.275 e. The lowest BCUT2D eigenvalue weighted by Crippen LogP contribution is -2.40. The molecule has 0 aromatic carbocycles. The van der Waals surface area contributed by atoms with Gasteiger partial charge in [0.25, 0.3) is 5.91 Å². The van der Waals surface area contributed by atoms with Gasteiger partial charge >= 0.3 is 0 Å². The SMILES string of the molecule is CO[C@@H]1C[C@@H](COc2cccnc2)N(C(=O)c2ncc(F)cc2F)C1. The molecule has 1 fully saturated rings. The number of hydrogen-bond donors (Lipinski definition) is 0. The van der Waals surface area contributed by atoms with Gasteiger partial charge in [0.15, 0.2) is 11.5 Å². The predicted molar refractivity (Wildman–Crippen MR) is 84.1 cm³/mol. The molecule has 3 rings (SSSR count). The summed E-state index contributed by atoms with van der Waals surface area (Å²) in [7, 11) is 1.55. The third-order valence-electron chi connectivity index (χ3n) is 4.06. The average molecular weight is 349 g/mol. The summed E-state index contributed by atoms with van der Waals surface area (Å²) >= 11 is 0. The molecule has 2 aromatic heterocycles. The van der Waals surface area contributed by atoms with Crippen LogP contribution in [-0.4, -0.2) is 53.2 Å². The van der Waals surface area contributed by atoms with E-state index in [-0.39, 0.29) is 25.3 Å². The lowest BCUT2D eigenvalue weighted by atomic mass is 10.2. The second-order valence-electron chi connectivity index (χ2n) is 5.69. The van der Waals surface area contributed by atoms with Crippen LogP contribution in [0.3, 0.4) is 0 Å². The number of ether oxygens (including phenoxy) is 2. The zero-order valence-electron chi connectivity index (χ0n) is 13.6. The van der Waals surface area contributed by atoms with Gasteiger partial charge in [-0.15, -0.1) is 0 Å². The Labute approximate surface area is 143 Å². The van der Waals surface area contributed by atoms with Crippen molar-refractivity contribution in [1.29, 1.82) is 0 Å². The molecule has 0 aliphatic carbocycles. The molecule has 0 unspecified atom stereocenters. The molecule has 0 N–H and O–H groups in total. The van der Waals surface area contributed by atoms with Crippen molar-refractivity contribution in [1.82, 2.24) is 14.9 Å². The normalized spacial score (nSPS) is 19.9. The molecule has 1 aliphatic heterocycles. The second-order valence-corrected chi connectivity index (χ2v) is 5.69. The van der Waals surface area contributed by atoms with Crippen molar-refractivity contribution in [3.8, 4) is 5.75 Å². The largest absolute Gasteiger partial charge is 0.490 e. The fourth-order valence-electron chi connectivity index (χ4n) is 2.78. The van der Waals surface area contributed by atoms with Crippen molar-refractivity contribution in [2.45, 2.75) is 18.6 Å². The topological polar surface area (TPSA) is 64.6 Å². The first-order chi connectivity index (χ1) is 12.1. The minimum Gasteiger partial charge on any atom is -0.490 e. The van der Waals surface area contributed by atoms with Crippen molar-refractivity contribution < 1.29 is 23.0 Å². The zero-order valence-corrected chi connectivity index (χ0v) is 13.6. The standard InChI is InChI=1S/C17H17F2N3O3/c1-24-14-6-12(10-25-13-3-2-4-20-8-13)22(9-14)17(23)16-15(19)5-11(18)7-21-16/h2-5,7-8,12,14H,6,9-10H2,1H3/t12-,14+/m0/s1. The average Bonchev–Trinajstić information content (AvgIpc) is 3.04. The molecule has 25 heavy (non-hydrogen) atoms. The highest BCUT2D eigenvalue weighted by Gasteiger charge is 2.37. The third-order valence-corrected chi connectivity index (χ3v) is 4.06. The summed E-state index contributed by atoms with van der Waals surface area (Å²) in [6.07, 6.45) is 4.38. The fourth-order valence-corrected chi connectivity index (χ4v) is 2.78. The monoisotopic (exact) mass is 349 g/mol. The summed E-state index contributed by atoms with van der Waals surface area (Å²) < 4.78 is 37.9. The molecule has 6 nitrogen and oxygen atoms in total. The van der Waals surface area contributed by atoms with E-state index in [0.717, 1.165) is 6.20 Å². The fraction of sp³-hybridized carbons (Fsp3) is 0.353. The van der Waals surface area contributed by atoms with Gasteiger partial charge in [-0.2, -0.15) is 0 Å². The molecule has 1 saturated heterocycles. The van der Waals surface area contributed by atoms with E-state index in [2.05, 4.69) is 9.97 Å². The Hall–Kier alpha value is -2.61. The van der Waals surface area contributed by atoms with E-state index >= 15 is 0 Å². The molecule has 0 spiro atoms. The van der Waals surface area contributed by atoms with Crippen LogP contribution in [0.15, 0.2) is 36.8 Å². The summed E-state index contributed by atoms with van der Waals surface area (Å²) in [5.41, 5.74) is -0.412. The molecule has 0 radical (unpaired) electrons. The summed E-state index contributed by atoms with van der Waals surface area (Å²) in [5, 5.41) is 0. The highest BCUT2D eigenvalue weighted by atomic mass is 19.1. The molecule has 8 heteroatoms. The van der Waals surface area contributed by atoms with Crippen LogP contribution in [0.1, 0.15) is 16.9 Å². The van der Waals surface area contributed by atoms with Gasteiger partial charge in [0.05, 0.1) is 24.5 Å². The molecule has 132 valence electrons. The van der Waals surface area contributed by atoms with E-state index in [0.29, 0.717) is 18.2 Å². The number of hydrogen-bond acceptors (Lipinski definition) is 5. The Balaban J connectivity index is 1.75. The number of halogens is 2. The summed E-state index contributed by atoms with van der Waals surface area (Å²) in [6, 6.07) is 3.82. The van der Waals surface area contributed by atoms with Gasteiger partial charge in [-0.05, 0) is 18.6 Å². The molecular formula is C17H17F2N3O3. The molecule has 1 amide bonds. The zero-order chi connectivity index (χ0) is 17.8. The van der Waals surface area contributed by atoms with Gasteiger partial charge in [0, 0.05) is 25.9 Å². The molecule has 1 aliphatic rings. The number of nitrogens with zero attached hydrogens (tertiary/aromatic N) is 3. The van der Waals surface area contributed by atoms with Crippen molar-refractivity contribution in [3.63, 3.8) is 0 Å². The number of methoxy groups -OCH3 is 1. The van der Waals surface area contributed by atoms with E-state index in [1.165, 1.54) is 4.90 Å². The highest BCUT2D eigenvalue weighted by Crippen LogP contribution is 2.24. The second kappa shape index (κ2) is 7.52. The van der Waals surface area contributed by atoms with Crippen LogP contribution < -0.4 is 4.74 Å². The minimum absolute atomic E-state index is 0.185. The number of rotatable bonds is 5. The van der Waals surface area contributed by atoms with Crippen LogP contribution in [0.25, 0.3) is 0 Å². The van der Waals surface area contributed by atoms with Crippen LogP contribution in [0, 0.1) is 11.6 Å². The lowest BCUT2D eigenvalue weighted by Gasteiger charge is -2.24. The Kier molecular flexibility index (Phi) is 5.18. The highest BCUT2D eigenvalue weighted by molar-refractivity contribution is 5.93. The van der Waals surface area contributed by atoms with Crippen LogP contribution in [0.4, 0.5) is 8.78 Å². The number of aromatic nitrogens is 2. The van der Waals surface area contributed by atoms with E-state index in [1.54, 1.807) is 31.6 Å². The predicted octanol–water partition coefficient (Wildman–Crippen LogP) is 2.06. The maximum Gasteiger partial charge on any atom is 0.275 e. The number of carbonyl (C=O) groups excluding carboxylic acids is 1. The van der Waals surface area contributed by atoms with E-state index < -0.39 is 23.2 Å². The van der Waals surface area contributed by atoms with Crippen molar-refractivity contribution in [2.24, 2.45) is 0 Å². The Morgan fingerprint density at radius 3 is 2.92 bits per heavy atom. The Bertz CT molecular complexity index is 745. The summed E-state index contributed by atoms with van der Waals surface area (Å²) in [5.74, 6) is -1.86. The summed E-state index contributed by atoms with van der Waals surface area (Å²) in [6.45, 7) is 0.495. The van der Waals surface area contributed by atoms with Gasteiger partial charge in [-0.3, -0.25) is 9.78 Å². The Morgan fingerprint density at radius 2 is 2.24 bits per heavy atom. The van der Waals surface area contributed by atoms with Crippen LogP contribution in [-0.2, 0) is 4.74 Å². The maximum atomic E-state index is 13.9. The molecule has 2 aromatic rings. The quantitative estimate of drug-likeness (QED) is 0.827.